The van der Waals surface area contributed by atoms with Crippen LogP contribution in [0.15, 0.2) is 82.5 Å². The third-order valence-corrected chi connectivity index (χ3v) is 13.1. The number of hydrogen-bond donors (Lipinski definition) is 7. The molecule has 5 aromatic rings. The molecule has 2 atom stereocenters. The molecule has 5 N–H and O–H groups in total. The van der Waals surface area contributed by atoms with Gasteiger partial charge in [0, 0.05) is 42.1 Å². The fourth-order valence-corrected chi connectivity index (χ4v) is 9.92. The molecule has 5 heterocycles. The molecule has 23 heteroatoms. The molecule has 76 heavy (non-hydrogen) atoms. The molecule has 0 bridgehead atoms. The van der Waals surface area contributed by atoms with E-state index in [9.17, 15) is 24.0 Å². The predicted molar refractivity (Wildman–Crippen MR) is 318 cm³/mol. The number of hydrazine groups is 1. The summed E-state index contributed by atoms with van der Waals surface area (Å²) in [5, 5.41) is 7.26. The van der Waals surface area contributed by atoms with E-state index < -0.39 is 18.0 Å². The molecule has 4 amide bonds. The number of allylic oxidation sites excluding steroid dienone is 1. The molecular weight excluding hydrogens is 1070 g/mol. The zero-order chi connectivity index (χ0) is 56.4. The van der Waals surface area contributed by atoms with Crippen LogP contribution in [0, 0.1) is 5.92 Å². The van der Waals surface area contributed by atoms with Crippen LogP contribution in [0.4, 0.5) is 9.59 Å². The average molecular weight is 1140 g/mol. The highest BCUT2D eigenvalue weighted by atomic mass is 32.2. The van der Waals surface area contributed by atoms with E-state index in [0.717, 1.165) is 58.1 Å². The minimum absolute atomic E-state index is 0.0273. The number of likely N-dealkylation sites (tertiary alicyclic amines) is 1. The molecule has 3 aromatic carbocycles. The maximum atomic E-state index is 13.4. The topological polar surface area (TPSA) is 227 Å². The van der Waals surface area contributed by atoms with E-state index in [1.54, 1.807) is 34.9 Å². The molecule has 418 valence electrons. The van der Waals surface area contributed by atoms with Gasteiger partial charge in [-0.3, -0.25) is 19.4 Å². The minimum Gasteiger partial charge on any atom is -0.453 e. The van der Waals surface area contributed by atoms with E-state index in [-0.39, 0.29) is 42.4 Å². The van der Waals surface area contributed by atoms with Crippen LogP contribution in [0.1, 0.15) is 84.5 Å². The van der Waals surface area contributed by atoms with Crippen LogP contribution in [-0.2, 0) is 28.5 Å². The summed E-state index contributed by atoms with van der Waals surface area (Å²) in [5.41, 5.74) is 9.48. The standard InChI is InChI=1S/C42H44N8O7S2.2C3H8.C2H5NO2.3CH4S/c1-55-41(54)44-21-36(51)48-24-42(56-15-16-57-42)14-13-35(48)38-43-20-33(45-38)29-10-9-25-17-26(7-8-27(25)18-29)28-11-12-31-32(19-28)46-40(47-39(31)53)59-49-22-30-5-3-4-6-34(30)50(49)37(52)23-58-2;2*1-3-2;1-5-2(3)4;3*1-2/h6-12,17-20,30,35H,3-5,13-16,21-24H2,1-2H3,(H,43,45)(H,44,54)(H,46,47,53);2*3H2,1-2H3;1H3,(H2,3,4);3*2H,1H3/t30-,35-;;;;;;/m0....../s1. The van der Waals surface area contributed by atoms with Gasteiger partial charge in [-0.25, -0.2) is 24.6 Å². The first-order valence-electron chi connectivity index (χ1n) is 25.0. The number of thiol groups is 3. The molecule has 3 aliphatic heterocycles. The highest BCUT2D eigenvalue weighted by molar-refractivity contribution is 7.99. The maximum Gasteiger partial charge on any atom is 0.407 e. The summed E-state index contributed by atoms with van der Waals surface area (Å²) in [6.45, 7) is 10.1. The highest BCUT2D eigenvalue weighted by Gasteiger charge is 2.47. The number of carbonyl (C=O) groups is 4. The van der Waals surface area contributed by atoms with Crippen molar-refractivity contribution in [3.8, 4) is 22.4 Å². The molecule has 0 unspecified atom stereocenters. The number of aromatic nitrogens is 4. The van der Waals surface area contributed by atoms with Gasteiger partial charge < -0.3 is 39.9 Å². The second kappa shape index (κ2) is 34.1. The first-order chi connectivity index (χ1) is 36.8. The second-order valence-electron chi connectivity index (χ2n) is 17.0. The molecular formula is C53H77N9O9S5. The first kappa shape index (κ1) is 65.4. The number of ether oxygens (including phenoxy) is 4. The molecule has 3 saturated heterocycles. The molecule has 0 radical (unpaired) electrons. The number of primary amides is 1. The van der Waals surface area contributed by atoms with E-state index in [4.69, 9.17) is 19.4 Å². The third kappa shape index (κ3) is 17.8. The number of nitrogens with one attached hydrogen (secondary N) is 3. The number of nitrogens with two attached hydrogens (primary N) is 1. The number of thioether (sulfide) groups is 1. The van der Waals surface area contributed by atoms with Crippen LogP contribution in [-0.4, -0.2) is 142 Å². The van der Waals surface area contributed by atoms with Crippen LogP contribution in [0.2, 0.25) is 0 Å². The van der Waals surface area contributed by atoms with Crippen molar-refractivity contribution in [3.63, 3.8) is 0 Å². The van der Waals surface area contributed by atoms with Crippen LogP contribution in [0.5, 0.6) is 0 Å². The number of rotatable bonds is 9. The molecule has 9 rings (SSSR count). The van der Waals surface area contributed by atoms with Gasteiger partial charge in [0.15, 0.2) is 10.9 Å². The van der Waals surface area contributed by atoms with Gasteiger partial charge in [0.2, 0.25) is 5.91 Å². The summed E-state index contributed by atoms with van der Waals surface area (Å²) in [6.07, 6.45) is 16.3. The maximum absolute atomic E-state index is 13.4. The Morgan fingerprint density at radius 3 is 2.08 bits per heavy atom. The van der Waals surface area contributed by atoms with Crippen molar-refractivity contribution in [2.45, 2.75) is 89.6 Å². The SMILES string of the molecule is CCC.CCC.COC(=O)NCC(=O)N1CC2(CC[C@H]1c1ncc(-c3ccc4cc(-c5ccc6c(=O)[nH]c(SN7C[C@@H]8CCCC=C8N7C(=O)CSC)nc6c5)ccc4c3)[nH]1)OCCO2.COC(N)=O.CS.CS.CS. The molecule has 18 nitrogen and oxygen atoms in total. The summed E-state index contributed by atoms with van der Waals surface area (Å²) < 4.78 is 22.4. The first-order valence-corrected chi connectivity index (χ1v) is 29.8. The molecule has 2 aromatic heterocycles. The van der Waals surface area contributed by atoms with Gasteiger partial charge in [-0.05, 0) is 96.9 Å². The van der Waals surface area contributed by atoms with Gasteiger partial charge in [0.05, 0.1) is 68.6 Å². The van der Waals surface area contributed by atoms with E-state index in [1.807, 2.05) is 34.9 Å². The van der Waals surface area contributed by atoms with Crippen molar-refractivity contribution in [1.29, 1.82) is 0 Å². The Morgan fingerprint density at radius 1 is 0.855 bits per heavy atom. The highest BCUT2D eigenvalue weighted by Crippen LogP contribution is 2.42. The van der Waals surface area contributed by atoms with Gasteiger partial charge in [-0.2, -0.15) is 49.6 Å². The van der Waals surface area contributed by atoms with Gasteiger partial charge >= 0.3 is 12.2 Å². The van der Waals surface area contributed by atoms with E-state index in [1.165, 1.54) is 50.8 Å². The lowest BCUT2D eigenvalue weighted by Crippen LogP contribution is -2.54. The lowest BCUT2D eigenvalue weighted by molar-refractivity contribution is -0.201. The van der Waals surface area contributed by atoms with Crippen molar-refractivity contribution >= 4 is 107 Å². The summed E-state index contributed by atoms with van der Waals surface area (Å²) >= 11 is 13.4. The fourth-order valence-electron chi connectivity index (χ4n) is 8.55. The molecule has 1 spiro atoms. The lowest BCUT2D eigenvalue weighted by atomic mass is 9.93. The molecule has 1 aliphatic carbocycles. The number of carbonyl (C=O) groups excluding carboxylic acids is 4. The van der Waals surface area contributed by atoms with Crippen molar-refractivity contribution in [2.75, 3.05) is 77.8 Å². The quantitative estimate of drug-likeness (QED) is 0.0414. The Morgan fingerprint density at radius 2 is 1.46 bits per heavy atom. The van der Waals surface area contributed by atoms with Gasteiger partial charge in [0.1, 0.15) is 12.4 Å². The normalized spacial score (nSPS) is 16.9. The fraction of sp³-hybridized carbons (Fsp3) is 0.491. The Hall–Kier alpha value is -4.88. The van der Waals surface area contributed by atoms with E-state index in [0.29, 0.717) is 60.2 Å². The van der Waals surface area contributed by atoms with Crippen molar-refractivity contribution in [2.24, 2.45) is 11.7 Å². The number of hydrogen-bond acceptors (Lipinski definition) is 17. The van der Waals surface area contributed by atoms with Crippen LogP contribution in [0.25, 0.3) is 44.1 Å². The molecule has 0 saturated carbocycles. The van der Waals surface area contributed by atoms with Crippen LogP contribution >= 0.6 is 61.6 Å². The minimum atomic E-state index is -0.865. The summed E-state index contributed by atoms with van der Waals surface area (Å²) in [5.74, 6) is 0.160. The third-order valence-electron chi connectivity index (χ3n) is 11.6. The van der Waals surface area contributed by atoms with E-state index >= 15 is 0 Å². The van der Waals surface area contributed by atoms with Crippen LogP contribution in [0.3, 0.4) is 0 Å². The number of alkyl carbamates (subject to hydrolysis) is 1. The van der Waals surface area contributed by atoms with Gasteiger partial charge in [-0.15, -0.1) is 4.41 Å². The summed E-state index contributed by atoms with van der Waals surface area (Å²) in [6, 6.07) is 17.8. The summed E-state index contributed by atoms with van der Waals surface area (Å²) in [4.78, 5) is 78.7. The van der Waals surface area contributed by atoms with Crippen LogP contribution < -0.4 is 16.6 Å². The van der Waals surface area contributed by atoms with E-state index in [2.05, 4.69) is 132 Å². The number of methoxy groups -OCH3 is 2. The van der Waals surface area contributed by atoms with Crippen molar-refractivity contribution < 1.29 is 38.1 Å². The number of fused-ring (bicyclic) bond motifs is 3. The zero-order valence-electron chi connectivity index (χ0n) is 45.3. The number of imidazole rings is 1. The summed E-state index contributed by atoms with van der Waals surface area (Å²) in [7, 11) is 2.48. The largest absolute Gasteiger partial charge is 0.453 e. The number of benzene rings is 3. The Labute approximate surface area is 472 Å². The van der Waals surface area contributed by atoms with Crippen molar-refractivity contribution in [3.05, 3.63) is 88.7 Å². The monoisotopic (exact) mass is 1140 g/mol. The Kier molecular flexibility index (Phi) is 29.3. The number of H-pyrrole nitrogens is 2. The smallest absolute Gasteiger partial charge is 0.407 e. The number of amides is 4. The molecule has 4 aliphatic rings. The predicted octanol–water partition coefficient (Wildman–Crippen LogP) is 10.2. The second-order valence-corrected chi connectivity index (χ2v) is 18.9. The van der Waals surface area contributed by atoms with Gasteiger partial charge in [0.25, 0.3) is 11.5 Å². The Bertz CT molecular complexity index is 2720. The van der Waals surface area contributed by atoms with Crippen molar-refractivity contribution in [1.82, 2.24) is 39.6 Å². The Balaban J connectivity index is 0.000000798. The number of piperidine rings is 1. The lowest BCUT2D eigenvalue weighted by Gasteiger charge is -2.43. The zero-order valence-corrected chi connectivity index (χ0v) is 49.7. The van der Waals surface area contributed by atoms with Gasteiger partial charge in [-0.1, -0.05) is 76.9 Å². The average Bonchev–Trinajstić information content (AvgIpc) is 4.22. The number of nitrogens with zero attached hydrogens (tertiary/aromatic N) is 5. The number of aromatic amines is 2. The molecule has 3 fully saturated rings.